The minimum Gasteiger partial charge on any atom is -0.399 e. The van der Waals surface area contributed by atoms with E-state index in [1.165, 1.54) is 14.2 Å². The Morgan fingerprint density at radius 1 is 1.00 bits per heavy atom. The van der Waals surface area contributed by atoms with Crippen LogP contribution in [0.3, 0.4) is 0 Å². The van der Waals surface area contributed by atoms with E-state index >= 15 is 0 Å². The van der Waals surface area contributed by atoms with E-state index in [9.17, 15) is 4.79 Å². The van der Waals surface area contributed by atoms with Gasteiger partial charge in [0.1, 0.15) is 30.1 Å². The zero-order valence-electron chi connectivity index (χ0n) is 22.2. The summed E-state index contributed by atoms with van der Waals surface area (Å²) >= 11 is 0. The third kappa shape index (κ3) is 4.01. The fourth-order valence-corrected chi connectivity index (χ4v) is 5.78. The number of benzene rings is 1. The molecule has 0 radical (unpaired) electrons. The average Bonchev–Trinajstić information content (AvgIpc) is 3.56. The zero-order chi connectivity index (χ0) is 27.0. The Bertz CT molecular complexity index is 1240. The predicted octanol–water partition coefficient (Wildman–Crippen LogP) is 1.25. The van der Waals surface area contributed by atoms with E-state index in [0.717, 1.165) is 0 Å². The lowest BCUT2D eigenvalue weighted by atomic mass is 9.99. The Hall–Kier alpha value is -2.65. The molecule has 3 saturated heterocycles. The van der Waals surface area contributed by atoms with Crippen LogP contribution in [0.15, 0.2) is 24.4 Å². The second-order valence-corrected chi connectivity index (χ2v) is 10.8. The summed E-state index contributed by atoms with van der Waals surface area (Å²) in [6.07, 6.45) is -0.415. The van der Waals surface area contributed by atoms with E-state index in [4.69, 9.17) is 38.9 Å². The molecule has 4 aliphatic heterocycles. The minimum absolute atomic E-state index is 0.157. The molecule has 0 spiro atoms. The van der Waals surface area contributed by atoms with Crippen LogP contribution in [0, 0.1) is 0 Å². The Balaban J connectivity index is 1.22. The van der Waals surface area contributed by atoms with Crippen molar-refractivity contribution in [1.82, 2.24) is 15.0 Å². The number of nitrogens with zero attached hydrogens (tertiary/aromatic N) is 4. The maximum Gasteiger partial charge on any atom is 0.292 e. The lowest BCUT2D eigenvalue weighted by molar-refractivity contribution is -0.236. The van der Waals surface area contributed by atoms with Crippen LogP contribution in [-0.4, -0.2) is 77.4 Å². The molecule has 6 rings (SSSR count). The molecule has 13 nitrogen and oxygen atoms in total. The number of carbonyl (C=O) groups is 1. The standard InChI is InChI=1S/C25H33N5O8/c1-23(2)35-18-17(34-21-20(19(18)36-23)37-24(3,4)38-21)12-29-10-14(27-28-29)11-30-16-8-7-13(26)9-15(16)25(32-5,33-6)22(30)31/h7-10,17-21H,11-12,26H2,1-6H3/t17-,18-,19-,20+,21+/m1/s1. The largest absolute Gasteiger partial charge is 0.399 e. The maximum absolute atomic E-state index is 13.4. The number of fused-ring (bicyclic) bond motifs is 4. The number of amides is 1. The monoisotopic (exact) mass is 531 g/mol. The van der Waals surface area contributed by atoms with Gasteiger partial charge in [-0.25, -0.2) is 4.68 Å². The van der Waals surface area contributed by atoms with Crippen molar-refractivity contribution >= 4 is 17.3 Å². The van der Waals surface area contributed by atoms with Crippen molar-refractivity contribution in [2.45, 2.75) is 88.9 Å². The van der Waals surface area contributed by atoms with Gasteiger partial charge in [-0.2, -0.15) is 0 Å². The SMILES string of the molecule is COC1(OC)C(=O)N(Cc2cn(C[C@H]3O[C@H]4OC(C)(C)O[C@H]4[C@@H]4OC(C)(C)O[C@@H]43)nn2)c2ccc(N)cc21. The van der Waals surface area contributed by atoms with Crippen LogP contribution in [0.25, 0.3) is 0 Å². The summed E-state index contributed by atoms with van der Waals surface area (Å²) in [5, 5.41) is 8.59. The number of nitrogen functional groups attached to an aromatic ring is 1. The Labute approximate surface area is 220 Å². The summed E-state index contributed by atoms with van der Waals surface area (Å²) in [5.74, 6) is -3.54. The summed E-state index contributed by atoms with van der Waals surface area (Å²) in [6, 6.07) is 5.18. The molecule has 0 unspecified atom stereocenters. The second kappa shape index (κ2) is 8.68. The summed E-state index contributed by atoms with van der Waals surface area (Å²) in [7, 11) is 2.85. The van der Waals surface area contributed by atoms with E-state index < -0.39 is 42.0 Å². The van der Waals surface area contributed by atoms with E-state index in [1.54, 1.807) is 34.0 Å². The smallest absolute Gasteiger partial charge is 0.292 e. The van der Waals surface area contributed by atoms with Gasteiger partial charge in [0.2, 0.25) is 0 Å². The van der Waals surface area contributed by atoms with Crippen LogP contribution in [0.5, 0.6) is 0 Å². The molecular formula is C25H33N5O8. The first-order chi connectivity index (χ1) is 17.9. The molecule has 5 atom stereocenters. The van der Waals surface area contributed by atoms with Crippen LogP contribution in [0.1, 0.15) is 39.0 Å². The quantitative estimate of drug-likeness (QED) is 0.425. The van der Waals surface area contributed by atoms with Crippen molar-refractivity contribution in [2.24, 2.45) is 0 Å². The van der Waals surface area contributed by atoms with Crippen LogP contribution >= 0.6 is 0 Å². The molecule has 2 aromatic rings. The van der Waals surface area contributed by atoms with Gasteiger partial charge >= 0.3 is 0 Å². The Kier molecular flexibility index (Phi) is 5.85. The molecule has 4 aliphatic rings. The van der Waals surface area contributed by atoms with Gasteiger partial charge in [-0.05, 0) is 45.9 Å². The number of hydrogen-bond acceptors (Lipinski definition) is 11. The van der Waals surface area contributed by atoms with Crippen LogP contribution in [-0.2, 0) is 56.8 Å². The molecule has 5 heterocycles. The van der Waals surface area contributed by atoms with E-state index in [1.807, 2.05) is 27.7 Å². The highest BCUT2D eigenvalue weighted by Crippen LogP contribution is 2.46. The Morgan fingerprint density at radius 2 is 1.68 bits per heavy atom. The molecule has 0 bridgehead atoms. The molecule has 38 heavy (non-hydrogen) atoms. The first-order valence-corrected chi connectivity index (χ1v) is 12.5. The van der Waals surface area contributed by atoms with Gasteiger partial charge in [0.25, 0.3) is 11.7 Å². The van der Waals surface area contributed by atoms with Crippen molar-refractivity contribution in [3.05, 3.63) is 35.7 Å². The highest BCUT2D eigenvalue weighted by atomic mass is 16.9. The number of rotatable bonds is 6. The van der Waals surface area contributed by atoms with E-state index in [2.05, 4.69) is 10.3 Å². The lowest BCUT2D eigenvalue weighted by Gasteiger charge is -2.37. The highest BCUT2D eigenvalue weighted by molar-refractivity contribution is 6.06. The van der Waals surface area contributed by atoms with Gasteiger partial charge in [-0.1, -0.05) is 5.21 Å². The van der Waals surface area contributed by atoms with Gasteiger partial charge in [0.15, 0.2) is 17.9 Å². The summed E-state index contributed by atoms with van der Waals surface area (Å²) in [6.45, 7) is 7.91. The van der Waals surface area contributed by atoms with E-state index in [-0.39, 0.29) is 18.6 Å². The first kappa shape index (κ1) is 25.6. The minimum atomic E-state index is -1.58. The molecule has 13 heteroatoms. The number of methoxy groups -OCH3 is 2. The van der Waals surface area contributed by atoms with Gasteiger partial charge < -0.3 is 43.8 Å². The first-order valence-electron chi connectivity index (χ1n) is 12.5. The normalized spacial score (nSPS) is 32.3. The topological polar surface area (TPSA) is 142 Å². The molecule has 0 aliphatic carbocycles. The van der Waals surface area contributed by atoms with Crippen LogP contribution in [0.4, 0.5) is 11.4 Å². The predicted molar refractivity (Wildman–Crippen MR) is 130 cm³/mol. The number of hydrogen-bond donors (Lipinski definition) is 1. The van der Waals surface area contributed by atoms with Crippen LogP contribution < -0.4 is 10.6 Å². The summed E-state index contributed by atoms with van der Waals surface area (Å²) in [4.78, 5) is 15.0. The summed E-state index contributed by atoms with van der Waals surface area (Å²) < 4.78 is 43.5. The lowest BCUT2D eigenvalue weighted by Crippen LogP contribution is -2.56. The number of aromatic nitrogens is 3. The number of nitrogens with two attached hydrogens (primary N) is 1. The highest BCUT2D eigenvalue weighted by Gasteiger charge is 2.60. The molecule has 3 fully saturated rings. The summed E-state index contributed by atoms with van der Waals surface area (Å²) in [5.41, 5.74) is 8.22. The van der Waals surface area contributed by atoms with Crippen molar-refractivity contribution in [2.75, 3.05) is 24.9 Å². The molecular weight excluding hydrogens is 498 g/mol. The molecule has 2 N–H and O–H groups in total. The fraction of sp³-hybridized carbons (Fsp3) is 0.640. The molecule has 0 saturated carbocycles. The number of ether oxygens (including phenoxy) is 7. The number of carbonyl (C=O) groups excluding carboxylic acids is 1. The van der Waals surface area contributed by atoms with Gasteiger partial charge in [-0.15, -0.1) is 5.10 Å². The molecule has 206 valence electrons. The molecule has 1 amide bonds. The van der Waals surface area contributed by atoms with Crippen molar-refractivity contribution in [1.29, 1.82) is 0 Å². The van der Waals surface area contributed by atoms with Crippen LogP contribution in [0.2, 0.25) is 0 Å². The van der Waals surface area contributed by atoms with Crippen molar-refractivity contribution in [3.63, 3.8) is 0 Å². The maximum atomic E-state index is 13.4. The van der Waals surface area contributed by atoms with Crippen molar-refractivity contribution in [3.8, 4) is 0 Å². The fourth-order valence-electron chi connectivity index (χ4n) is 5.78. The molecule has 1 aromatic carbocycles. The molecule has 1 aromatic heterocycles. The van der Waals surface area contributed by atoms with Crippen molar-refractivity contribution < 1.29 is 38.0 Å². The van der Waals surface area contributed by atoms with E-state index in [0.29, 0.717) is 29.2 Å². The second-order valence-electron chi connectivity index (χ2n) is 10.8. The van der Waals surface area contributed by atoms with Gasteiger partial charge in [0.05, 0.1) is 25.0 Å². The zero-order valence-corrected chi connectivity index (χ0v) is 22.2. The third-order valence-electron chi connectivity index (χ3n) is 7.29. The average molecular weight is 532 g/mol. The number of anilines is 2. The Morgan fingerprint density at radius 3 is 2.42 bits per heavy atom. The third-order valence-corrected chi connectivity index (χ3v) is 7.29. The van der Waals surface area contributed by atoms with Gasteiger partial charge in [0, 0.05) is 25.5 Å². The van der Waals surface area contributed by atoms with Gasteiger partial charge in [-0.3, -0.25) is 4.79 Å².